The van der Waals surface area contributed by atoms with Crippen molar-refractivity contribution in [3.05, 3.63) is 188 Å². The highest BCUT2D eigenvalue weighted by molar-refractivity contribution is 7.99. The fraction of sp³-hybridized carbons (Fsp3) is 0. The molecular weight excluding hydrogens is 707 g/mol. The second-order valence-electron chi connectivity index (χ2n) is 13.2. The molecule has 264 valence electrons. The van der Waals surface area contributed by atoms with Crippen molar-refractivity contribution in [1.29, 1.82) is 0 Å². The van der Waals surface area contributed by atoms with Crippen LogP contribution < -0.4 is 0 Å². The van der Waals surface area contributed by atoms with Gasteiger partial charge in [0.1, 0.15) is 0 Å². The van der Waals surface area contributed by atoms with Gasteiger partial charge in [0.05, 0.1) is 11.0 Å². The van der Waals surface area contributed by atoms with Gasteiger partial charge in [-0.05, 0) is 36.4 Å². The van der Waals surface area contributed by atoms with E-state index in [4.69, 9.17) is 29.9 Å². The van der Waals surface area contributed by atoms with Crippen LogP contribution >= 0.6 is 11.8 Å². The van der Waals surface area contributed by atoms with Crippen molar-refractivity contribution in [3.63, 3.8) is 0 Å². The van der Waals surface area contributed by atoms with E-state index in [2.05, 4.69) is 89.5 Å². The van der Waals surface area contributed by atoms with Crippen LogP contribution in [-0.2, 0) is 0 Å². The van der Waals surface area contributed by atoms with Gasteiger partial charge >= 0.3 is 0 Å². The Bertz CT molecular complexity index is 2880. The molecule has 0 radical (unpaired) electrons. The van der Waals surface area contributed by atoms with E-state index in [0.29, 0.717) is 35.1 Å². The topological polar surface area (TPSA) is 82.3 Å². The third-order valence-corrected chi connectivity index (χ3v) is 10.6. The lowest BCUT2D eigenvalue weighted by molar-refractivity contribution is 0.953. The van der Waals surface area contributed by atoms with E-state index in [0.717, 1.165) is 59.4 Å². The molecule has 0 saturated carbocycles. The minimum Gasteiger partial charge on any atom is -0.278 e. The zero-order valence-electron chi connectivity index (χ0n) is 29.9. The van der Waals surface area contributed by atoms with Gasteiger partial charge in [-0.15, -0.1) is 0 Å². The first-order valence-corrected chi connectivity index (χ1v) is 19.1. The van der Waals surface area contributed by atoms with Crippen LogP contribution in [0.4, 0.5) is 0 Å². The molecule has 10 rings (SSSR count). The van der Waals surface area contributed by atoms with Crippen molar-refractivity contribution in [2.75, 3.05) is 0 Å². The van der Waals surface area contributed by atoms with Crippen LogP contribution in [0.15, 0.2) is 198 Å². The van der Waals surface area contributed by atoms with Gasteiger partial charge in [-0.3, -0.25) is 4.57 Å². The molecule has 56 heavy (non-hydrogen) atoms. The molecule has 0 spiro atoms. The maximum atomic E-state index is 5.10. The van der Waals surface area contributed by atoms with Gasteiger partial charge < -0.3 is 0 Å². The Kier molecular flexibility index (Phi) is 8.62. The van der Waals surface area contributed by atoms with Gasteiger partial charge in [0.25, 0.3) is 0 Å². The molecular formula is C48H31N7S. The van der Waals surface area contributed by atoms with E-state index < -0.39 is 0 Å². The average molecular weight is 738 g/mol. The molecule has 0 unspecified atom stereocenters. The van der Waals surface area contributed by atoms with Crippen LogP contribution in [0.25, 0.3) is 84.7 Å². The summed E-state index contributed by atoms with van der Waals surface area (Å²) in [6.45, 7) is 0. The summed E-state index contributed by atoms with van der Waals surface area (Å²) < 4.78 is 2.14. The lowest BCUT2D eigenvalue weighted by Gasteiger charge is -2.11. The van der Waals surface area contributed by atoms with E-state index in [1.54, 1.807) is 11.8 Å². The monoisotopic (exact) mass is 737 g/mol. The maximum absolute atomic E-state index is 5.10. The smallest absolute Gasteiger partial charge is 0.238 e. The van der Waals surface area contributed by atoms with E-state index in [9.17, 15) is 0 Å². The molecule has 7 aromatic carbocycles. The summed E-state index contributed by atoms with van der Waals surface area (Å²) >= 11 is 1.68. The van der Waals surface area contributed by atoms with Gasteiger partial charge in [0, 0.05) is 48.4 Å². The van der Waals surface area contributed by atoms with E-state index in [1.807, 2.05) is 103 Å². The Morgan fingerprint density at radius 1 is 0.304 bits per heavy atom. The Morgan fingerprint density at radius 3 is 1.20 bits per heavy atom. The highest BCUT2D eigenvalue weighted by Gasteiger charge is 2.18. The standard InChI is InChI=1S/C48H31N7S/c1-4-15-32(16-5-1)43-49-44(33-17-6-2-7-18-33)51-47(50-43)36-21-14-22-38(31-36)56-37-29-27-35(28-30-37)46-52-45(34-19-8-3-9-20-34)53-48(54-46)55-41-25-12-10-23-39(41)40-24-11-13-26-42(40)55/h1-31H. The van der Waals surface area contributed by atoms with Crippen LogP contribution in [0.2, 0.25) is 0 Å². The lowest BCUT2D eigenvalue weighted by Crippen LogP contribution is -2.06. The van der Waals surface area contributed by atoms with Crippen LogP contribution in [0.1, 0.15) is 0 Å². The number of rotatable bonds is 8. The molecule has 0 atom stereocenters. The largest absolute Gasteiger partial charge is 0.278 e. The molecule has 0 saturated heterocycles. The molecule has 0 bridgehead atoms. The molecule has 3 aromatic heterocycles. The Hall–Kier alpha value is -7.29. The summed E-state index contributed by atoms with van der Waals surface area (Å²) in [5, 5.41) is 2.31. The van der Waals surface area contributed by atoms with Crippen molar-refractivity contribution in [2.45, 2.75) is 9.79 Å². The van der Waals surface area contributed by atoms with Crippen molar-refractivity contribution in [2.24, 2.45) is 0 Å². The average Bonchev–Trinajstić information content (AvgIpc) is 3.62. The first-order valence-electron chi connectivity index (χ1n) is 18.3. The molecule has 0 fully saturated rings. The lowest BCUT2D eigenvalue weighted by atomic mass is 10.1. The predicted molar refractivity (Wildman–Crippen MR) is 225 cm³/mol. The van der Waals surface area contributed by atoms with Gasteiger partial charge in [-0.2, -0.15) is 9.97 Å². The summed E-state index contributed by atoms with van der Waals surface area (Å²) in [5.41, 5.74) is 6.71. The number of hydrogen-bond donors (Lipinski definition) is 0. The molecule has 0 amide bonds. The molecule has 10 aromatic rings. The highest BCUT2D eigenvalue weighted by Crippen LogP contribution is 2.35. The quantitative estimate of drug-likeness (QED) is 0.153. The van der Waals surface area contributed by atoms with Gasteiger partial charge in [0.15, 0.2) is 29.1 Å². The first-order chi connectivity index (χ1) is 27.7. The van der Waals surface area contributed by atoms with Crippen LogP contribution in [0.5, 0.6) is 0 Å². The SMILES string of the molecule is c1ccc(-c2nc(-c3ccccc3)nc(-c3cccc(Sc4ccc(-c5nc(-c6ccccc6)nc(-n6c7ccccc7c7ccccc76)n5)cc4)c3)n2)cc1. The minimum absolute atomic E-state index is 0.575. The van der Waals surface area contributed by atoms with Crippen molar-refractivity contribution < 1.29 is 0 Å². The van der Waals surface area contributed by atoms with Crippen LogP contribution in [0.3, 0.4) is 0 Å². The Morgan fingerprint density at radius 2 is 0.696 bits per heavy atom. The normalized spacial score (nSPS) is 11.3. The van der Waals surface area contributed by atoms with Crippen molar-refractivity contribution in [3.8, 4) is 62.9 Å². The number of hydrogen-bond acceptors (Lipinski definition) is 7. The molecule has 8 heteroatoms. The minimum atomic E-state index is 0.575. The highest BCUT2D eigenvalue weighted by atomic mass is 32.2. The summed E-state index contributed by atoms with van der Waals surface area (Å²) in [5.74, 6) is 3.69. The summed E-state index contributed by atoms with van der Waals surface area (Å²) in [6.07, 6.45) is 0. The second kappa shape index (κ2) is 14.5. The summed E-state index contributed by atoms with van der Waals surface area (Å²) in [4.78, 5) is 32.0. The molecule has 7 nitrogen and oxygen atoms in total. The Balaban J connectivity index is 0.996. The molecule has 0 N–H and O–H groups in total. The third kappa shape index (κ3) is 6.48. The van der Waals surface area contributed by atoms with E-state index in [1.165, 1.54) is 0 Å². The number of aromatic nitrogens is 7. The Labute approximate surface area is 327 Å². The van der Waals surface area contributed by atoms with Gasteiger partial charge in [0.2, 0.25) is 5.95 Å². The number of fused-ring (bicyclic) bond motifs is 3. The number of para-hydroxylation sites is 2. The van der Waals surface area contributed by atoms with E-state index in [-0.39, 0.29) is 0 Å². The fourth-order valence-electron chi connectivity index (χ4n) is 6.89. The predicted octanol–water partition coefficient (Wildman–Crippen LogP) is 11.6. The molecule has 3 heterocycles. The van der Waals surface area contributed by atoms with Crippen LogP contribution in [0, 0.1) is 0 Å². The number of nitrogens with zero attached hydrogens (tertiary/aromatic N) is 7. The molecule has 0 aliphatic carbocycles. The molecule has 0 aliphatic heterocycles. The van der Waals surface area contributed by atoms with Gasteiger partial charge in [-0.25, -0.2) is 19.9 Å². The zero-order valence-corrected chi connectivity index (χ0v) is 30.8. The first kappa shape index (κ1) is 33.3. The van der Waals surface area contributed by atoms with E-state index >= 15 is 0 Å². The number of benzene rings is 7. The van der Waals surface area contributed by atoms with Crippen molar-refractivity contribution >= 4 is 33.6 Å². The maximum Gasteiger partial charge on any atom is 0.238 e. The second-order valence-corrected chi connectivity index (χ2v) is 14.4. The van der Waals surface area contributed by atoms with Crippen molar-refractivity contribution in [1.82, 2.24) is 34.5 Å². The third-order valence-electron chi connectivity index (χ3n) is 9.58. The van der Waals surface area contributed by atoms with Crippen LogP contribution in [-0.4, -0.2) is 34.5 Å². The van der Waals surface area contributed by atoms with Gasteiger partial charge in [-0.1, -0.05) is 163 Å². The summed E-state index contributed by atoms with van der Waals surface area (Å²) in [7, 11) is 0. The zero-order chi connectivity index (χ0) is 37.3. The summed E-state index contributed by atoms with van der Waals surface area (Å²) in [6, 6.07) is 63.6. The molecule has 0 aliphatic rings. The fourth-order valence-corrected chi connectivity index (χ4v) is 7.77.